The third-order valence-corrected chi connectivity index (χ3v) is 3.70. The monoisotopic (exact) mass is 345 g/mol. The van der Waals surface area contributed by atoms with Crippen molar-refractivity contribution in [2.75, 3.05) is 6.54 Å². The highest BCUT2D eigenvalue weighted by Crippen LogP contribution is 2.26. The lowest BCUT2D eigenvalue weighted by Gasteiger charge is -2.23. The molecule has 0 aliphatic carbocycles. The van der Waals surface area contributed by atoms with Gasteiger partial charge in [0.25, 0.3) is 0 Å². The smallest absolute Gasteiger partial charge is 0.303 e. The van der Waals surface area contributed by atoms with Crippen molar-refractivity contribution in [1.29, 1.82) is 0 Å². The first-order chi connectivity index (χ1) is 9.28. The van der Waals surface area contributed by atoms with Gasteiger partial charge in [-0.15, -0.1) is 0 Å². The Balaban J connectivity index is 2.32. The molecule has 20 heavy (non-hydrogen) atoms. The molecule has 2 N–H and O–H groups in total. The van der Waals surface area contributed by atoms with E-state index in [0.29, 0.717) is 13.0 Å². The van der Waals surface area contributed by atoms with Crippen LogP contribution in [0.5, 0.6) is 0 Å². The maximum atomic E-state index is 13.2. The van der Waals surface area contributed by atoms with Gasteiger partial charge >= 0.3 is 5.97 Å². The number of benzene rings is 1. The number of hydrogen-bond donors (Lipinski definition) is 2. The highest BCUT2D eigenvalue weighted by molar-refractivity contribution is 9.10. The van der Waals surface area contributed by atoms with Crippen molar-refractivity contribution >= 4 is 21.9 Å². The second-order valence-corrected chi connectivity index (χ2v) is 6.68. The summed E-state index contributed by atoms with van der Waals surface area (Å²) in [7, 11) is 0. The van der Waals surface area contributed by atoms with Gasteiger partial charge in [0, 0.05) is 17.4 Å². The fourth-order valence-corrected chi connectivity index (χ4v) is 2.46. The predicted octanol–water partition coefficient (Wildman–Crippen LogP) is 3.96. The molecule has 3 nitrogen and oxygen atoms in total. The summed E-state index contributed by atoms with van der Waals surface area (Å²) in [6, 6.07) is 4.82. The molecular weight excluding hydrogens is 325 g/mol. The van der Waals surface area contributed by atoms with Gasteiger partial charge in [-0.25, -0.2) is 4.39 Å². The van der Waals surface area contributed by atoms with Crippen molar-refractivity contribution < 1.29 is 14.3 Å². The summed E-state index contributed by atoms with van der Waals surface area (Å²) in [6.07, 6.45) is 1.75. The molecule has 0 fully saturated rings. The lowest BCUT2D eigenvalue weighted by Crippen LogP contribution is -2.23. The second-order valence-electron chi connectivity index (χ2n) is 5.76. The van der Waals surface area contributed by atoms with Crippen molar-refractivity contribution in [1.82, 2.24) is 5.32 Å². The molecule has 5 heteroatoms. The molecule has 0 bridgehead atoms. The summed E-state index contributed by atoms with van der Waals surface area (Å²) in [5.74, 6) is -1.01. The first kappa shape index (κ1) is 17.1. The third kappa shape index (κ3) is 7.01. The van der Waals surface area contributed by atoms with Crippen molar-refractivity contribution in [3.63, 3.8) is 0 Å². The number of carboxylic acid groups (broad SMARTS) is 1. The van der Waals surface area contributed by atoms with Crippen LogP contribution >= 0.6 is 15.9 Å². The zero-order valence-corrected chi connectivity index (χ0v) is 13.5. The van der Waals surface area contributed by atoms with Crippen molar-refractivity contribution in [2.24, 2.45) is 5.41 Å². The molecule has 0 aromatic heterocycles. The van der Waals surface area contributed by atoms with E-state index in [4.69, 9.17) is 5.11 Å². The van der Waals surface area contributed by atoms with Gasteiger partial charge in [-0.2, -0.15) is 0 Å². The van der Waals surface area contributed by atoms with Crippen LogP contribution in [0.2, 0.25) is 0 Å². The maximum absolute atomic E-state index is 13.2. The number of aliphatic carboxylic acids is 1. The molecule has 112 valence electrons. The number of nitrogens with one attached hydrogen (secondary N) is 1. The average molecular weight is 346 g/mol. The fourth-order valence-electron chi connectivity index (χ4n) is 1.94. The molecule has 0 spiro atoms. The Morgan fingerprint density at radius 1 is 1.35 bits per heavy atom. The first-order valence-corrected chi connectivity index (χ1v) is 7.45. The highest BCUT2D eigenvalue weighted by Gasteiger charge is 2.18. The Labute approximate surface area is 127 Å². The van der Waals surface area contributed by atoms with E-state index in [1.807, 2.05) is 6.07 Å². The van der Waals surface area contributed by atoms with E-state index in [-0.39, 0.29) is 17.7 Å². The van der Waals surface area contributed by atoms with Crippen LogP contribution in [0.1, 0.15) is 38.7 Å². The number of rotatable bonds is 8. The lowest BCUT2D eigenvalue weighted by molar-refractivity contribution is -0.137. The Kier molecular flexibility index (Phi) is 6.62. The molecule has 0 atom stereocenters. The number of carboxylic acids is 1. The summed E-state index contributed by atoms with van der Waals surface area (Å²) in [5, 5.41) is 12.0. The van der Waals surface area contributed by atoms with Crippen LogP contribution in [0.3, 0.4) is 0 Å². The van der Waals surface area contributed by atoms with Crippen LogP contribution in [0.4, 0.5) is 4.39 Å². The summed E-state index contributed by atoms with van der Waals surface area (Å²) in [5.41, 5.74) is 0.883. The van der Waals surface area contributed by atoms with E-state index < -0.39 is 5.97 Å². The minimum absolute atomic E-state index is 0.00604. The van der Waals surface area contributed by atoms with Gasteiger partial charge < -0.3 is 10.4 Å². The van der Waals surface area contributed by atoms with Crippen LogP contribution in [-0.4, -0.2) is 17.6 Å². The normalized spacial score (nSPS) is 11.6. The van der Waals surface area contributed by atoms with E-state index in [2.05, 4.69) is 35.1 Å². The van der Waals surface area contributed by atoms with Crippen LogP contribution in [0.25, 0.3) is 0 Å². The molecule has 1 aromatic carbocycles. The largest absolute Gasteiger partial charge is 0.481 e. The average Bonchev–Trinajstić information content (AvgIpc) is 2.31. The summed E-state index contributed by atoms with van der Waals surface area (Å²) in [6.45, 7) is 5.51. The highest BCUT2D eigenvalue weighted by atomic mass is 79.9. The Morgan fingerprint density at radius 2 is 2.05 bits per heavy atom. The molecule has 1 rings (SSSR count). The topological polar surface area (TPSA) is 49.3 Å². The van der Waals surface area contributed by atoms with E-state index >= 15 is 0 Å². The molecule has 0 amide bonds. The minimum atomic E-state index is -0.754. The minimum Gasteiger partial charge on any atom is -0.481 e. The molecule has 0 saturated carbocycles. The SMILES string of the molecule is CC(C)(CCNCc1cc(F)cc(Br)c1)CCC(=O)O. The van der Waals surface area contributed by atoms with Gasteiger partial charge in [0.15, 0.2) is 0 Å². The number of hydrogen-bond acceptors (Lipinski definition) is 2. The van der Waals surface area contributed by atoms with E-state index in [1.165, 1.54) is 12.1 Å². The van der Waals surface area contributed by atoms with Gasteiger partial charge in [0.05, 0.1) is 0 Å². The molecule has 0 saturated heterocycles. The first-order valence-electron chi connectivity index (χ1n) is 6.66. The quantitative estimate of drug-likeness (QED) is 0.701. The van der Waals surface area contributed by atoms with Gasteiger partial charge in [-0.1, -0.05) is 29.8 Å². The summed E-state index contributed by atoms with van der Waals surface area (Å²) < 4.78 is 13.9. The standard InChI is InChI=1S/C15H21BrFNO2/c1-15(2,4-3-14(19)20)5-6-18-10-11-7-12(16)9-13(17)8-11/h7-9,18H,3-6,10H2,1-2H3,(H,19,20). The van der Waals surface area contributed by atoms with Crippen molar-refractivity contribution in [2.45, 2.75) is 39.7 Å². The summed E-state index contributed by atoms with van der Waals surface area (Å²) >= 11 is 3.26. The van der Waals surface area contributed by atoms with Crippen LogP contribution in [0, 0.1) is 11.2 Å². The lowest BCUT2D eigenvalue weighted by atomic mass is 9.84. The number of halogens is 2. The summed E-state index contributed by atoms with van der Waals surface area (Å²) in [4.78, 5) is 10.6. The predicted molar refractivity (Wildman–Crippen MR) is 81.1 cm³/mol. The van der Waals surface area contributed by atoms with Gasteiger partial charge in [-0.05, 0) is 48.6 Å². The molecule has 1 aromatic rings. The van der Waals surface area contributed by atoms with Crippen molar-refractivity contribution in [3.8, 4) is 0 Å². The maximum Gasteiger partial charge on any atom is 0.303 e. The van der Waals surface area contributed by atoms with Crippen molar-refractivity contribution in [3.05, 3.63) is 34.1 Å². The van der Waals surface area contributed by atoms with Gasteiger partial charge in [0.2, 0.25) is 0 Å². The van der Waals surface area contributed by atoms with Crippen LogP contribution < -0.4 is 5.32 Å². The zero-order chi connectivity index (χ0) is 15.2. The Hall–Kier alpha value is -0.940. The van der Waals surface area contributed by atoms with Crippen LogP contribution in [0.15, 0.2) is 22.7 Å². The molecule has 0 radical (unpaired) electrons. The Morgan fingerprint density at radius 3 is 2.65 bits per heavy atom. The van der Waals surface area contributed by atoms with Crippen LogP contribution in [-0.2, 0) is 11.3 Å². The molecule has 0 aliphatic rings. The Bertz CT molecular complexity index is 443. The van der Waals surface area contributed by atoms with E-state index in [0.717, 1.165) is 23.0 Å². The second kappa shape index (κ2) is 7.74. The van der Waals surface area contributed by atoms with E-state index in [9.17, 15) is 9.18 Å². The number of carbonyl (C=O) groups is 1. The molecule has 0 heterocycles. The van der Waals surface area contributed by atoms with E-state index in [1.54, 1.807) is 0 Å². The van der Waals surface area contributed by atoms with Gasteiger partial charge in [-0.3, -0.25) is 4.79 Å². The zero-order valence-electron chi connectivity index (χ0n) is 11.9. The third-order valence-electron chi connectivity index (χ3n) is 3.25. The molecule has 0 unspecified atom stereocenters. The molecular formula is C15H21BrFNO2. The fraction of sp³-hybridized carbons (Fsp3) is 0.533. The molecule has 0 aliphatic heterocycles. The van der Waals surface area contributed by atoms with Gasteiger partial charge in [0.1, 0.15) is 5.82 Å².